The Balaban J connectivity index is 2.87. The van der Waals surface area contributed by atoms with Gasteiger partial charge in [0.2, 0.25) is 0 Å². The van der Waals surface area contributed by atoms with Crippen LogP contribution in [0.15, 0.2) is 24.3 Å². The van der Waals surface area contributed by atoms with Crippen molar-refractivity contribution in [3.8, 4) is 0 Å². The number of hydrogen-bond acceptors (Lipinski definition) is 2. The lowest BCUT2D eigenvalue weighted by molar-refractivity contribution is -0.108. The van der Waals surface area contributed by atoms with Crippen molar-refractivity contribution in [3.05, 3.63) is 35.4 Å². The van der Waals surface area contributed by atoms with Crippen LogP contribution in [-0.4, -0.2) is 12.6 Å². The fraction of sp³-hybridized carbons (Fsp3) is 0.273. The molecule has 0 fully saturated rings. The Morgan fingerprint density at radius 2 is 2.15 bits per heavy atom. The molecule has 0 aromatic heterocycles. The van der Waals surface area contributed by atoms with Gasteiger partial charge in [-0.05, 0) is 17.5 Å². The van der Waals surface area contributed by atoms with E-state index in [1.807, 2.05) is 25.1 Å². The van der Waals surface area contributed by atoms with Gasteiger partial charge in [0, 0.05) is 12.0 Å². The average molecular weight is 176 g/mol. The molecule has 0 spiro atoms. The van der Waals surface area contributed by atoms with E-state index in [-0.39, 0.29) is 5.92 Å². The molecule has 1 rings (SSSR count). The minimum absolute atomic E-state index is 0.192. The standard InChI is InChI=1S/C11H12O2/c1-9(5-6-12)11-4-2-3-10(7-11)8-13/h2-4,6-9H,5H2,1H3. The van der Waals surface area contributed by atoms with Gasteiger partial charge < -0.3 is 4.79 Å². The third-order valence-corrected chi connectivity index (χ3v) is 2.07. The van der Waals surface area contributed by atoms with Gasteiger partial charge in [-0.25, -0.2) is 0 Å². The predicted octanol–water partition coefficient (Wildman–Crippen LogP) is 2.19. The first-order valence-corrected chi connectivity index (χ1v) is 4.26. The highest BCUT2D eigenvalue weighted by atomic mass is 16.1. The summed E-state index contributed by atoms with van der Waals surface area (Å²) in [7, 11) is 0. The van der Waals surface area contributed by atoms with Crippen molar-refractivity contribution in [2.75, 3.05) is 0 Å². The second-order valence-electron chi connectivity index (χ2n) is 3.09. The molecule has 0 saturated carbocycles. The fourth-order valence-corrected chi connectivity index (χ4v) is 1.22. The zero-order chi connectivity index (χ0) is 9.68. The summed E-state index contributed by atoms with van der Waals surface area (Å²) in [6, 6.07) is 7.34. The smallest absolute Gasteiger partial charge is 0.150 e. The Morgan fingerprint density at radius 3 is 2.77 bits per heavy atom. The van der Waals surface area contributed by atoms with E-state index in [4.69, 9.17) is 0 Å². The van der Waals surface area contributed by atoms with E-state index in [9.17, 15) is 9.59 Å². The molecular formula is C11H12O2. The number of hydrogen-bond donors (Lipinski definition) is 0. The molecule has 0 bridgehead atoms. The summed E-state index contributed by atoms with van der Waals surface area (Å²) >= 11 is 0. The van der Waals surface area contributed by atoms with Crippen LogP contribution >= 0.6 is 0 Å². The van der Waals surface area contributed by atoms with E-state index < -0.39 is 0 Å². The van der Waals surface area contributed by atoms with E-state index >= 15 is 0 Å². The van der Waals surface area contributed by atoms with Gasteiger partial charge in [0.25, 0.3) is 0 Å². The van der Waals surface area contributed by atoms with Crippen molar-refractivity contribution in [2.45, 2.75) is 19.3 Å². The fourth-order valence-electron chi connectivity index (χ4n) is 1.22. The average Bonchev–Trinajstić information content (AvgIpc) is 2.18. The van der Waals surface area contributed by atoms with Crippen molar-refractivity contribution < 1.29 is 9.59 Å². The van der Waals surface area contributed by atoms with Gasteiger partial charge in [-0.1, -0.05) is 25.1 Å². The molecule has 0 N–H and O–H groups in total. The summed E-state index contributed by atoms with van der Waals surface area (Å²) in [5, 5.41) is 0. The zero-order valence-electron chi connectivity index (χ0n) is 7.57. The van der Waals surface area contributed by atoms with E-state index in [0.717, 1.165) is 18.1 Å². The maximum atomic E-state index is 10.5. The van der Waals surface area contributed by atoms with Gasteiger partial charge in [-0.15, -0.1) is 0 Å². The van der Waals surface area contributed by atoms with Gasteiger partial charge in [0.15, 0.2) is 0 Å². The molecule has 0 heterocycles. The highest BCUT2D eigenvalue weighted by molar-refractivity contribution is 5.75. The summed E-state index contributed by atoms with van der Waals surface area (Å²) in [6.07, 6.45) is 2.22. The number of benzene rings is 1. The quantitative estimate of drug-likeness (QED) is 0.659. The van der Waals surface area contributed by atoms with Crippen LogP contribution in [0.3, 0.4) is 0 Å². The van der Waals surface area contributed by atoms with Crippen LogP contribution in [-0.2, 0) is 4.79 Å². The first-order chi connectivity index (χ1) is 6.27. The van der Waals surface area contributed by atoms with E-state index in [1.165, 1.54) is 0 Å². The van der Waals surface area contributed by atoms with Crippen molar-refractivity contribution in [1.29, 1.82) is 0 Å². The Kier molecular flexibility index (Phi) is 3.38. The van der Waals surface area contributed by atoms with Crippen LogP contribution in [0.2, 0.25) is 0 Å². The molecule has 1 unspecified atom stereocenters. The van der Waals surface area contributed by atoms with Crippen molar-refractivity contribution in [3.63, 3.8) is 0 Å². The summed E-state index contributed by atoms with van der Waals surface area (Å²) in [5.41, 5.74) is 1.70. The summed E-state index contributed by atoms with van der Waals surface area (Å²) < 4.78 is 0. The zero-order valence-corrected chi connectivity index (χ0v) is 7.57. The molecule has 0 saturated heterocycles. The minimum Gasteiger partial charge on any atom is -0.303 e. The maximum absolute atomic E-state index is 10.5. The molecule has 1 aromatic rings. The Morgan fingerprint density at radius 1 is 1.38 bits per heavy atom. The van der Waals surface area contributed by atoms with Crippen LogP contribution in [0.1, 0.15) is 35.2 Å². The molecule has 68 valence electrons. The number of carbonyl (C=O) groups excluding carboxylic acids is 2. The Labute approximate surface area is 77.6 Å². The van der Waals surface area contributed by atoms with Crippen molar-refractivity contribution in [1.82, 2.24) is 0 Å². The third kappa shape index (κ3) is 2.51. The number of rotatable bonds is 4. The normalized spacial score (nSPS) is 12.1. The molecule has 1 atom stereocenters. The van der Waals surface area contributed by atoms with Crippen molar-refractivity contribution in [2.24, 2.45) is 0 Å². The van der Waals surface area contributed by atoms with Crippen molar-refractivity contribution >= 4 is 12.6 Å². The number of aldehydes is 2. The van der Waals surface area contributed by atoms with Crippen LogP contribution in [0.4, 0.5) is 0 Å². The van der Waals surface area contributed by atoms with Crippen LogP contribution < -0.4 is 0 Å². The second-order valence-corrected chi connectivity index (χ2v) is 3.09. The highest BCUT2D eigenvalue weighted by Crippen LogP contribution is 2.18. The first kappa shape index (κ1) is 9.65. The SMILES string of the molecule is CC(CC=O)c1cccc(C=O)c1. The van der Waals surface area contributed by atoms with E-state index in [0.29, 0.717) is 12.0 Å². The largest absolute Gasteiger partial charge is 0.303 e. The van der Waals surface area contributed by atoms with Gasteiger partial charge in [-0.2, -0.15) is 0 Å². The van der Waals surface area contributed by atoms with Crippen LogP contribution in [0.25, 0.3) is 0 Å². The lowest BCUT2D eigenvalue weighted by atomic mass is 9.97. The third-order valence-electron chi connectivity index (χ3n) is 2.07. The first-order valence-electron chi connectivity index (χ1n) is 4.26. The molecule has 2 nitrogen and oxygen atoms in total. The summed E-state index contributed by atoms with van der Waals surface area (Å²) in [4.78, 5) is 20.7. The van der Waals surface area contributed by atoms with Gasteiger partial charge in [0.05, 0.1) is 0 Å². The molecule has 0 aliphatic rings. The van der Waals surface area contributed by atoms with E-state index in [1.54, 1.807) is 6.07 Å². The molecule has 0 aliphatic heterocycles. The molecule has 1 aromatic carbocycles. The molecule has 2 heteroatoms. The Hall–Kier alpha value is -1.44. The lowest BCUT2D eigenvalue weighted by Gasteiger charge is -2.07. The molecular weight excluding hydrogens is 164 g/mol. The molecule has 0 radical (unpaired) electrons. The van der Waals surface area contributed by atoms with Gasteiger partial charge in [-0.3, -0.25) is 4.79 Å². The second kappa shape index (κ2) is 4.55. The molecule has 13 heavy (non-hydrogen) atoms. The molecule has 0 amide bonds. The number of carbonyl (C=O) groups is 2. The maximum Gasteiger partial charge on any atom is 0.150 e. The van der Waals surface area contributed by atoms with Gasteiger partial charge >= 0.3 is 0 Å². The summed E-state index contributed by atoms with van der Waals surface area (Å²) in [6.45, 7) is 1.97. The Bertz CT molecular complexity index is 305. The highest BCUT2D eigenvalue weighted by Gasteiger charge is 2.04. The molecule has 0 aliphatic carbocycles. The monoisotopic (exact) mass is 176 g/mol. The predicted molar refractivity (Wildman–Crippen MR) is 50.9 cm³/mol. The van der Waals surface area contributed by atoms with Crippen LogP contribution in [0, 0.1) is 0 Å². The lowest BCUT2D eigenvalue weighted by Crippen LogP contribution is -1.95. The summed E-state index contributed by atoms with van der Waals surface area (Å²) in [5.74, 6) is 0.192. The van der Waals surface area contributed by atoms with Gasteiger partial charge in [0.1, 0.15) is 12.6 Å². The van der Waals surface area contributed by atoms with Crippen LogP contribution in [0.5, 0.6) is 0 Å². The minimum atomic E-state index is 0.192. The topological polar surface area (TPSA) is 34.1 Å². The van der Waals surface area contributed by atoms with E-state index in [2.05, 4.69) is 0 Å².